The van der Waals surface area contributed by atoms with Crippen LogP contribution in [0.15, 0.2) is 146 Å². The first-order chi connectivity index (χ1) is 40.7. The van der Waals surface area contributed by atoms with Crippen molar-refractivity contribution in [2.24, 2.45) is 0 Å². The Labute approximate surface area is 505 Å². The molecular weight excluding hydrogens is 1040 g/mol. The lowest BCUT2D eigenvalue weighted by Crippen LogP contribution is -2.61. The van der Waals surface area contributed by atoms with Gasteiger partial charge < -0.3 is 45.1 Å². The predicted molar refractivity (Wildman–Crippen MR) is 347 cm³/mol. The van der Waals surface area contributed by atoms with Gasteiger partial charge in [-0.05, 0) is 116 Å². The number of nitrogens with one attached hydrogen (secondary N) is 1. The van der Waals surface area contributed by atoms with Gasteiger partial charge in [-0.25, -0.2) is 0 Å². The van der Waals surface area contributed by atoms with E-state index in [1.165, 1.54) is 57.8 Å². The van der Waals surface area contributed by atoms with Crippen LogP contribution in [-0.2, 0) is 23.8 Å². The standard InChI is InChI=1S/C72H117NO10/c1-4-7-10-13-16-19-22-24-26-28-29-30-31-32-33-34-35-36-37-38-40-42-45-48-51-54-57-60-67(77)83-70-69(79)68(78)66(61-74)82-72(70)81-62-63(64(75)58-55-52-49-46-43-21-18-15-12-9-6-3)73-71(80)65(76)59-56-53-50-47-44-41-39-27-25-23-20-17-14-11-8-5-2/h7-8,10-11,16-17,19-20,24-27,29-30,32-33,35-36,41,44,50,53,55,58,63-66,68-70,72,74-76,78-79H,4-6,9,12-15,18,21-23,28,31,34,37-40,42-43,45-49,51-52,54,56-57,59-62H2,1-3H3,(H,73,80)/b10-7-,11-8-,19-16-,20-17-,26-24-,27-25-,30-29-,33-32-,36-35-,44-41-,53-50-,58-55+. The normalized spacial score (nSPS) is 19.5. The van der Waals surface area contributed by atoms with Crippen molar-refractivity contribution in [2.45, 2.75) is 282 Å². The molecule has 1 aliphatic heterocycles. The maximum Gasteiger partial charge on any atom is 0.306 e. The van der Waals surface area contributed by atoms with Crippen molar-refractivity contribution in [3.05, 3.63) is 146 Å². The molecule has 0 aromatic rings. The Hall–Kier alpha value is -4.46. The SMILES string of the molecule is CC/C=C\C/C=C\C/C=C\C/C=C\C/C=C\C/C=C\CCCCCCCCCCC(=O)OC1C(OCC(NC(=O)C(O)CC/C=C\C/C=C\C/C=C\C/C=C\C/C=C\CC)C(O)/C=C/CCCCCCCCCCC)OC(CO)C(O)C1O. The van der Waals surface area contributed by atoms with Crippen LogP contribution in [0.3, 0.4) is 0 Å². The summed E-state index contributed by atoms with van der Waals surface area (Å²) < 4.78 is 17.6. The van der Waals surface area contributed by atoms with Gasteiger partial charge in [0.25, 0.3) is 0 Å². The molecule has 11 nitrogen and oxygen atoms in total. The quantitative estimate of drug-likeness (QED) is 0.0195. The van der Waals surface area contributed by atoms with Crippen LogP contribution in [-0.4, -0.2) is 99.6 Å². The van der Waals surface area contributed by atoms with Crippen LogP contribution < -0.4 is 5.32 Å². The highest BCUT2D eigenvalue weighted by Crippen LogP contribution is 2.26. The van der Waals surface area contributed by atoms with Gasteiger partial charge in [-0.2, -0.15) is 0 Å². The molecule has 83 heavy (non-hydrogen) atoms. The summed E-state index contributed by atoms with van der Waals surface area (Å²) in [6.45, 7) is 5.50. The molecule has 0 aliphatic carbocycles. The van der Waals surface area contributed by atoms with E-state index in [0.29, 0.717) is 12.8 Å². The highest BCUT2D eigenvalue weighted by Gasteiger charge is 2.47. The number of allylic oxidation sites excluding steroid dienone is 23. The van der Waals surface area contributed by atoms with Gasteiger partial charge in [0.15, 0.2) is 12.4 Å². The fraction of sp³-hybridized carbons (Fsp3) is 0.639. The second kappa shape index (κ2) is 57.9. The number of unbranched alkanes of at least 4 members (excludes halogenated alkanes) is 17. The van der Waals surface area contributed by atoms with Crippen LogP contribution in [0.25, 0.3) is 0 Å². The average Bonchev–Trinajstić information content (AvgIpc) is 3.68. The van der Waals surface area contributed by atoms with Crippen molar-refractivity contribution in [1.82, 2.24) is 5.32 Å². The molecule has 470 valence electrons. The highest BCUT2D eigenvalue weighted by atomic mass is 16.7. The zero-order valence-electron chi connectivity index (χ0n) is 52.0. The van der Waals surface area contributed by atoms with Gasteiger partial charge in [-0.3, -0.25) is 9.59 Å². The van der Waals surface area contributed by atoms with E-state index in [9.17, 15) is 35.1 Å². The molecule has 11 heteroatoms. The minimum atomic E-state index is -1.64. The summed E-state index contributed by atoms with van der Waals surface area (Å²) in [5, 5.41) is 56.9. The van der Waals surface area contributed by atoms with Crippen molar-refractivity contribution < 1.29 is 49.3 Å². The summed E-state index contributed by atoms with van der Waals surface area (Å²) in [5.41, 5.74) is 0. The lowest BCUT2D eigenvalue weighted by molar-refractivity contribution is -0.305. The van der Waals surface area contributed by atoms with Gasteiger partial charge in [-0.15, -0.1) is 0 Å². The molecule has 1 heterocycles. The second-order valence-corrected chi connectivity index (χ2v) is 21.7. The van der Waals surface area contributed by atoms with Crippen molar-refractivity contribution in [3.63, 3.8) is 0 Å². The Morgan fingerprint density at radius 3 is 1.30 bits per heavy atom. The summed E-state index contributed by atoms with van der Waals surface area (Å²) in [6.07, 6.45) is 73.3. The van der Waals surface area contributed by atoms with Crippen LogP contribution in [0.4, 0.5) is 0 Å². The third-order valence-corrected chi connectivity index (χ3v) is 14.2. The minimum Gasteiger partial charge on any atom is -0.454 e. The number of rotatable bonds is 53. The molecule has 0 radical (unpaired) electrons. The second-order valence-electron chi connectivity index (χ2n) is 21.7. The number of esters is 1. The molecule has 1 saturated heterocycles. The first-order valence-electron chi connectivity index (χ1n) is 32.6. The molecule has 0 spiro atoms. The maximum absolute atomic E-state index is 13.4. The number of ether oxygens (including phenoxy) is 3. The number of aliphatic hydroxyl groups excluding tert-OH is 5. The van der Waals surface area contributed by atoms with E-state index in [2.05, 4.69) is 148 Å². The zero-order chi connectivity index (χ0) is 60.3. The van der Waals surface area contributed by atoms with Crippen molar-refractivity contribution in [2.75, 3.05) is 13.2 Å². The summed E-state index contributed by atoms with van der Waals surface area (Å²) in [7, 11) is 0. The van der Waals surface area contributed by atoms with Crippen molar-refractivity contribution in [3.8, 4) is 0 Å². The first kappa shape index (κ1) is 76.6. The van der Waals surface area contributed by atoms with Gasteiger partial charge >= 0.3 is 5.97 Å². The van der Waals surface area contributed by atoms with Crippen molar-refractivity contribution >= 4 is 11.9 Å². The Kier molecular flexibility index (Phi) is 53.4. The fourth-order valence-electron chi connectivity index (χ4n) is 9.16. The zero-order valence-corrected chi connectivity index (χ0v) is 52.0. The van der Waals surface area contributed by atoms with Gasteiger partial charge in [-0.1, -0.05) is 256 Å². The summed E-state index contributed by atoms with van der Waals surface area (Å²) in [4.78, 5) is 26.6. The smallest absolute Gasteiger partial charge is 0.306 e. The van der Waals surface area contributed by atoms with E-state index in [-0.39, 0.29) is 19.4 Å². The molecule has 0 aromatic carbocycles. The summed E-state index contributed by atoms with van der Waals surface area (Å²) in [6, 6.07) is -1.07. The monoisotopic (exact) mass is 1160 g/mol. The van der Waals surface area contributed by atoms with Crippen LogP contribution in [0, 0.1) is 0 Å². The number of carbonyl (C=O) groups excluding carboxylic acids is 2. The van der Waals surface area contributed by atoms with E-state index in [1.807, 2.05) is 18.2 Å². The van der Waals surface area contributed by atoms with Gasteiger partial charge in [0.1, 0.15) is 24.4 Å². The molecular formula is C72H117NO10. The molecule has 6 N–H and O–H groups in total. The van der Waals surface area contributed by atoms with E-state index in [0.717, 1.165) is 128 Å². The molecule has 8 atom stereocenters. The Balaban J connectivity index is 2.63. The fourth-order valence-corrected chi connectivity index (χ4v) is 9.16. The number of aliphatic hydroxyl groups is 5. The van der Waals surface area contributed by atoms with Gasteiger partial charge in [0, 0.05) is 6.42 Å². The third kappa shape index (κ3) is 45.6. The first-order valence-corrected chi connectivity index (χ1v) is 32.6. The van der Waals surface area contributed by atoms with E-state index in [1.54, 1.807) is 6.08 Å². The molecule has 0 aromatic heterocycles. The van der Waals surface area contributed by atoms with E-state index >= 15 is 0 Å². The van der Waals surface area contributed by atoms with Crippen LogP contribution >= 0.6 is 0 Å². The summed E-state index contributed by atoms with van der Waals surface area (Å²) in [5.74, 6) is -1.28. The van der Waals surface area contributed by atoms with E-state index in [4.69, 9.17) is 14.2 Å². The Morgan fingerprint density at radius 2 is 0.867 bits per heavy atom. The molecule has 8 unspecified atom stereocenters. The van der Waals surface area contributed by atoms with Gasteiger partial charge in [0.2, 0.25) is 5.91 Å². The Morgan fingerprint density at radius 1 is 0.482 bits per heavy atom. The molecule has 0 bridgehead atoms. The number of amides is 1. The molecule has 1 rings (SSSR count). The number of hydrogen-bond donors (Lipinski definition) is 6. The molecule has 1 fully saturated rings. The maximum atomic E-state index is 13.4. The lowest BCUT2D eigenvalue weighted by Gasteiger charge is -2.41. The van der Waals surface area contributed by atoms with Crippen LogP contribution in [0.5, 0.6) is 0 Å². The molecule has 0 saturated carbocycles. The Bertz CT molecular complexity index is 1910. The predicted octanol–water partition coefficient (Wildman–Crippen LogP) is 16.2. The molecule has 1 aliphatic rings. The van der Waals surface area contributed by atoms with Crippen LogP contribution in [0.1, 0.15) is 233 Å². The highest BCUT2D eigenvalue weighted by molar-refractivity contribution is 5.80. The average molecular weight is 1160 g/mol. The van der Waals surface area contributed by atoms with E-state index < -0.39 is 67.4 Å². The van der Waals surface area contributed by atoms with Gasteiger partial charge in [0.05, 0.1) is 25.4 Å². The third-order valence-electron chi connectivity index (χ3n) is 14.2. The largest absolute Gasteiger partial charge is 0.454 e. The molecule has 1 amide bonds. The topological polar surface area (TPSA) is 175 Å². The minimum absolute atomic E-state index is 0.0973. The number of hydrogen-bond acceptors (Lipinski definition) is 10. The van der Waals surface area contributed by atoms with Crippen LogP contribution in [0.2, 0.25) is 0 Å². The summed E-state index contributed by atoms with van der Waals surface area (Å²) >= 11 is 0. The number of carbonyl (C=O) groups is 2. The lowest BCUT2D eigenvalue weighted by atomic mass is 9.99. The van der Waals surface area contributed by atoms with Crippen molar-refractivity contribution in [1.29, 1.82) is 0 Å².